The van der Waals surface area contributed by atoms with Gasteiger partial charge in [-0.05, 0) is 117 Å². The molecular weight excluding hydrogens is 1420 g/mol. The van der Waals surface area contributed by atoms with Gasteiger partial charge in [0.05, 0.1) is 44.3 Å². The van der Waals surface area contributed by atoms with Gasteiger partial charge in [0.15, 0.2) is 0 Å². The maximum Gasteiger partial charge on any atom is 0.419 e. The number of benzene rings is 2. The molecule has 3 aliphatic heterocycles. The lowest BCUT2D eigenvalue weighted by Crippen LogP contribution is -2.64. The van der Waals surface area contributed by atoms with Gasteiger partial charge in [0.1, 0.15) is 53.6 Å². The van der Waals surface area contributed by atoms with Gasteiger partial charge in [0.2, 0.25) is 70.9 Å². The fourth-order valence-electron chi connectivity index (χ4n) is 15.6. The van der Waals surface area contributed by atoms with Crippen molar-refractivity contribution < 1.29 is 79.8 Å². The number of amides is 12. The SMILES string of the molecule is CC[C@H](C)[C@@H]1NC(=O)[C@H](CC(C)C)N(C)C(=O)C[C@@H](C(=O)N2CCCCC2)N(C)C(=O)[C@H](CC(C)C)N(C)C(=O)C2(CCCC2)NC(=O)[C@@H]2C[C@@H](OCc3ccccc3Cl)CN2C(=O)[C@H](CCc2ccc(C(F)(F)F)c(F)c2)NC(=O)CN(C)C(=O)[C@H](CC2CCCCC2)N(C)C(=O)CN(C)C(=O)CN(C)C1=O. The number of likely N-dealkylation sites (N-methyl/N-ethyl adjacent to an activating group) is 7. The van der Waals surface area contributed by atoms with Crippen LogP contribution in [0.25, 0.3) is 0 Å². The molecule has 0 bridgehead atoms. The third kappa shape index (κ3) is 22.6. The van der Waals surface area contributed by atoms with Gasteiger partial charge >= 0.3 is 6.18 Å². The van der Waals surface area contributed by atoms with Crippen LogP contribution in [0.4, 0.5) is 17.6 Å². The Balaban J connectivity index is 1.33. The zero-order valence-corrected chi connectivity index (χ0v) is 66.0. The summed E-state index contributed by atoms with van der Waals surface area (Å²) in [5.74, 6) is -11.2. The average molecular weight is 1540 g/mol. The summed E-state index contributed by atoms with van der Waals surface area (Å²) in [6, 6.07) is -0.351. The van der Waals surface area contributed by atoms with Gasteiger partial charge in [0.25, 0.3) is 0 Å². The summed E-state index contributed by atoms with van der Waals surface area (Å²) in [6.07, 6.45) is 0.627. The first-order chi connectivity index (χ1) is 50.9. The van der Waals surface area contributed by atoms with E-state index < -0.39 is 181 Å². The second-order valence-corrected chi connectivity index (χ2v) is 32.0. The Kier molecular flexibility index (Phi) is 31.6. The molecule has 12 amide bonds. The van der Waals surface area contributed by atoms with Gasteiger partial charge in [-0.3, -0.25) is 57.5 Å². The molecule has 5 aliphatic rings. The van der Waals surface area contributed by atoms with Gasteiger partial charge in [-0.25, -0.2) is 4.39 Å². The van der Waals surface area contributed by atoms with Crippen LogP contribution in [0.5, 0.6) is 0 Å². The van der Waals surface area contributed by atoms with E-state index in [1.807, 2.05) is 34.6 Å². The van der Waals surface area contributed by atoms with Crippen molar-refractivity contribution in [3.63, 3.8) is 0 Å². The molecule has 3 saturated heterocycles. The first-order valence-corrected chi connectivity index (χ1v) is 38.8. The van der Waals surface area contributed by atoms with Crippen LogP contribution in [0, 0.1) is 29.5 Å². The number of rotatable bonds is 15. The summed E-state index contributed by atoms with van der Waals surface area (Å²) in [5.41, 5.74) is -2.65. The number of nitrogens with zero attached hydrogens (tertiary/aromatic N) is 9. The van der Waals surface area contributed by atoms with Crippen LogP contribution >= 0.6 is 11.6 Å². The minimum Gasteiger partial charge on any atom is -0.372 e. The number of halogens is 5. The van der Waals surface area contributed by atoms with Gasteiger partial charge in [-0.2, -0.15) is 13.2 Å². The Hall–Kier alpha value is -7.95. The van der Waals surface area contributed by atoms with Crippen LogP contribution in [-0.4, -0.2) is 258 Å². The molecule has 3 N–H and O–H groups in total. The van der Waals surface area contributed by atoms with Gasteiger partial charge < -0.3 is 64.8 Å². The highest BCUT2D eigenvalue weighted by Gasteiger charge is 2.52. The standard InChI is InChI=1S/C78H115ClF4N12O13/c1-14-50(6)68-75(106)89(9)45-66(98)87(7)46-67(99)91(11)62(40-51-25-17-15-18-26-51)72(103)88(8)44-64(96)84-58(32-30-52-29-31-55(57(80)39-52)78(81,82)83)71(102)95-43-54(108-47-53-27-19-20-28-56(53)79)41-60(95)70(101)86-77(33-21-22-34-77)76(107)93(13)61(38-49(4)5)73(104)92(12)63(74(105)94-35-23-16-24-36-94)42-65(97)90(10)59(37-48(2)3)69(100)85-68/h19-20,27-29,31,39,48-51,54,58-63,68H,14-18,21-26,30,32-38,40-47H2,1-13H3,(H,84,96)(H,85,100)(H,86,101)/t50-,54+,58-,59-,60-,61-,62-,63-,68-/m0/s1. The maximum absolute atomic E-state index is 15.8. The number of nitrogens with one attached hydrogen (secondary N) is 3. The lowest BCUT2D eigenvalue weighted by molar-refractivity contribution is -0.155. The second kappa shape index (κ2) is 39.1. The lowest BCUT2D eigenvalue weighted by Gasteiger charge is -2.41. The Morgan fingerprint density at radius 2 is 1.25 bits per heavy atom. The fraction of sp³-hybridized carbons (Fsp3) is 0.692. The normalized spacial score (nSPS) is 25.5. The highest BCUT2D eigenvalue weighted by Crippen LogP contribution is 2.37. The van der Waals surface area contributed by atoms with Crippen molar-refractivity contribution in [2.75, 3.05) is 88.6 Å². The predicted octanol–water partition coefficient (Wildman–Crippen LogP) is 7.22. The number of hydrogen-bond donors (Lipinski definition) is 3. The molecule has 1 spiro atoms. The smallest absolute Gasteiger partial charge is 0.372 e. The minimum absolute atomic E-state index is 0.0135. The highest BCUT2D eigenvalue weighted by atomic mass is 35.5. The van der Waals surface area contributed by atoms with E-state index in [4.69, 9.17) is 16.3 Å². The second-order valence-electron chi connectivity index (χ2n) is 31.6. The number of aryl methyl sites for hydroxylation is 1. The van der Waals surface area contributed by atoms with Crippen LogP contribution in [0.1, 0.15) is 180 Å². The molecule has 9 atom stereocenters. The molecule has 600 valence electrons. The van der Waals surface area contributed by atoms with Crippen molar-refractivity contribution in [3.05, 3.63) is 70.0 Å². The minimum atomic E-state index is -5.04. The van der Waals surface area contributed by atoms with Gasteiger partial charge in [0, 0.05) is 80.4 Å². The van der Waals surface area contributed by atoms with Crippen molar-refractivity contribution in [1.82, 2.24) is 60.0 Å². The van der Waals surface area contributed by atoms with Crippen LogP contribution in [0.2, 0.25) is 5.02 Å². The first kappa shape index (κ1) is 87.3. The monoisotopic (exact) mass is 1540 g/mol. The summed E-state index contributed by atoms with van der Waals surface area (Å²) in [4.78, 5) is 192. The summed E-state index contributed by atoms with van der Waals surface area (Å²) in [5, 5.41) is 9.02. The van der Waals surface area contributed by atoms with Crippen molar-refractivity contribution in [2.24, 2.45) is 23.7 Å². The molecule has 2 aromatic rings. The van der Waals surface area contributed by atoms with E-state index in [1.165, 1.54) is 73.8 Å². The van der Waals surface area contributed by atoms with Crippen molar-refractivity contribution >= 4 is 82.5 Å². The topological polar surface area (TPSA) is 279 Å². The van der Waals surface area contributed by atoms with E-state index in [2.05, 4.69) is 16.0 Å². The lowest BCUT2D eigenvalue weighted by atomic mass is 9.84. The van der Waals surface area contributed by atoms with E-state index in [0.29, 0.717) is 67.9 Å². The van der Waals surface area contributed by atoms with Crippen molar-refractivity contribution in [3.8, 4) is 0 Å². The third-order valence-corrected chi connectivity index (χ3v) is 22.8. The molecule has 2 aliphatic carbocycles. The molecule has 25 nitrogen and oxygen atoms in total. The Bertz CT molecular complexity index is 3530. The molecule has 3 heterocycles. The molecule has 0 radical (unpaired) electrons. The predicted molar refractivity (Wildman–Crippen MR) is 397 cm³/mol. The molecule has 0 aromatic heterocycles. The largest absolute Gasteiger partial charge is 0.419 e. The number of fused-ring (bicyclic) bond motifs is 1. The molecule has 5 fully saturated rings. The molecular formula is C78H115ClF4N12O13. The Morgan fingerprint density at radius 1 is 0.648 bits per heavy atom. The number of hydrogen-bond acceptors (Lipinski definition) is 13. The number of carbonyl (C=O) groups is 12. The number of carbonyl (C=O) groups excluding carboxylic acids is 12. The number of piperidine rings is 1. The zero-order chi connectivity index (χ0) is 79.8. The fourth-order valence-corrected chi connectivity index (χ4v) is 15.7. The summed E-state index contributed by atoms with van der Waals surface area (Å²) >= 11 is 6.58. The van der Waals surface area contributed by atoms with E-state index in [0.717, 1.165) is 59.3 Å². The quantitative estimate of drug-likeness (QED) is 0.149. The molecule has 30 heteroatoms. The van der Waals surface area contributed by atoms with Crippen molar-refractivity contribution in [1.29, 1.82) is 0 Å². The molecule has 108 heavy (non-hydrogen) atoms. The first-order valence-electron chi connectivity index (χ1n) is 38.4. The Morgan fingerprint density at radius 3 is 1.86 bits per heavy atom. The van der Waals surface area contributed by atoms with Gasteiger partial charge in [-0.15, -0.1) is 0 Å². The van der Waals surface area contributed by atoms with E-state index >= 15 is 33.2 Å². The highest BCUT2D eigenvalue weighted by molar-refractivity contribution is 6.31. The van der Waals surface area contributed by atoms with Crippen LogP contribution in [0.3, 0.4) is 0 Å². The zero-order valence-electron chi connectivity index (χ0n) is 65.3. The summed E-state index contributed by atoms with van der Waals surface area (Å²) in [6.45, 7) is 9.42. The Labute approximate surface area is 638 Å². The average Bonchev–Trinajstić information content (AvgIpc) is 1.55. The van der Waals surface area contributed by atoms with E-state index in [1.54, 1.807) is 36.1 Å². The van der Waals surface area contributed by atoms with E-state index in [-0.39, 0.29) is 81.4 Å². The number of likely N-dealkylation sites (tertiary alicyclic amines) is 1. The van der Waals surface area contributed by atoms with Crippen molar-refractivity contribution in [2.45, 2.75) is 237 Å². The molecule has 0 unspecified atom stereocenters. The summed E-state index contributed by atoms with van der Waals surface area (Å²) < 4.78 is 63.3. The summed E-state index contributed by atoms with van der Waals surface area (Å²) in [7, 11) is 9.73. The third-order valence-electron chi connectivity index (χ3n) is 22.5. The maximum atomic E-state index is 15.8. The molecule has 2 aromatic carbocycles. The molecule has 2 saturated carbocycles. The number of ether oxygens (including phenoxy) is 1. The number of alkyl halides is 3. The molecule has 7 rings (SSSR count). The van der Waals surface area contributed by atoms with Crippen LogP contribution in [-0.2, 0) is 81.5 Å². The van der Waals surface area contributed by atoms with Gasteiger partial charge in [-0.1, -0.05) is 129 Å². The van der Waals surface area contributed by atoms with E-state index in [9.17, 15) is 41.9 Å². The van der Waals surface area contributed by atoms with Crippen LogP contribution < -0.4 is 16.0 Å². The van der Waals surface area contributed by atoms with Crippen LogP contribution in [0.15, 0.2) is 42.5 Å².